The fourth-order valence-corrected chi connectivity index (χ4v) is 5.74. The fourth-order valence-electron chi connectivity index (χ4n) is 5.74. The number of hydrogen-bond donors (Lipinski definition) is 0. The Morgan fingerprint density at radius 1 is 0.694 bits per heavy atom. The Hall–Kier alpha value is -2.86. The number of allylic oxidation sites excluding steroid dienone is 2. The van der Waals surface area contributed by atoms with Gasteiger partial charge in [0.05, 0.1) is 0 Å². The Labute approximate surface area is 220 Å². The number of rotatable bonds is 11. The van der Waals surface area contributed by atoms with Crippen molar-refractivity contribution in [2.75, 3.05) is 0 Å². The molecule has 0 heteroatoms. The van der Waals surface area contributed by atoms with Gasteiger partial charge in [0.1, 0.15) is 0 Å². The van der Waals surface area contributed by atoms with Gasteiger partial charge < -0.3 is 0 Å². The average Bonchev–Trinajstić information content (AvgIpc) is 2.93. The molecular weight excluding hydrogens is 432 g/mol. The van der Waals surface area contributed by atoms with Crippen LogP contribution in [0.15, 0.2) is 91.0 Å². The zero-order chi connectivity index (χ0) is 25.0. The fraction of sp³-hybridized carbons (Fsp3) is 0.389. The smallest absolute Gasteiger partial charge is 0.0188 e. The van der Waals surface area contributed by atoms with Gasteiger partial charge in [-0.2, -0.15) is 0 Å². The van der Waals surface area contributed by atoms with Crippen LogP contribution < -0.4 is 0 Å². The van der Waals surface area contributed by atoms with Gasteiger partial charge in [0.15, 0.2) is 0 Å². The van der Waals surface area contributed by atoms with Gasteiger partial charge in [-0.25, -0.2) is 0 Å². The quantitative estimate of drug-likeness (QED) is 0.191. The number of hydrogen-bond acceptors (Lipinski definition) is 0. The zero-order valence-corrected chi connectivity index (χ0v) is 22.4. The van der Waals surface area contributed by atoms with Crippen LogP contribution in [0.3, 0.4) is 0 Å². The van der Waals surface area contributed by atoms with Crippen molar-refractivity contribution in [3.63, 3.8) is 0 Å². The number of benzene rings is 3. The predicted molar refractivity (Wildman–Crippen MR) is 158 cm³/mol. The maximum Gasteiger partial charge on any atom is -0.0188 e. The van der Waals surface area contributed by atoms with E-state index in [0.717, 1.165) is 24.7 Å². The molecule has 0 heterocycles. The van der Waals surface area contributed by atoms with Gasteiger partial charge in [-0.15, -0.1) is 0 Å². The van der Waals surface area contributed by atoms with E-state index in [1.807, 2.05) is 0 Å². The summed E-state index contributed by atoms with van der Waals surface area (Å²) in [5.74, 6) is 2.51. The lowest BCUT2D eigenvalue weighted by Crippen LogP contribution is -2.16. The third kappa shape index (κ3) is 8.37. The van der Waals surface area contributed by atoms with Crippen molar-refractivity contribution in [3.8, 4) is 0 Å². The van der Waals surface area contributed by atoms with Crippen LogP contribution in [0.5, 0.6) is 0 Å². The third-order valence-corrected chi connectivity index (χ3v) is 8.13. The van der Waals surface area contributed by atoms with Crippen molar-refractivity contribution >= 4 is 12.2 Å². The molecule has 3 aromatic carbocycles. The van der Waals surface area contributed by atoms with E-state index in [4.69, 9.17) is 0 Å². The van der Waals surface area contributed by atoms with Crippen molar-refractivity contribution in [2.24, 2.45) is 11.8 Å². The van der Waals surface area contributed by atoms with Crippen molar-refractivity contribution < 1.29 is 0 Å². The summed E-state index contributed by atoms with van der Waals surface area (Å²) < 4.78 is 0. The average molecular weight is 477 g/mol. The Morgan fingerprint density at radius 2 is 1.25 bits per heavy atom. The van der Waals surface area contributed by atoms with Crippen LogP contribution in [0.2, 0.25) is 0 Å². The lowest BCUT2D eigenvalue weighted by molar-refractivity contribution is 0.245. The normalized spacial score (nSPS) is 19.2. The minimum Gasteiger partial charge on any atom is -0.0917 e. The zero-order valence-electron chi connectivity index (χ0n) is 22.4. The summed E-state index contributed by atoms with van der Waals surface area (Å²) in [4.78, 5) is 0. The Morgan fingerprint density at radius 3 is 1.83 bits per heavy atom. The summed E-state index contributed by atoms with van der Waals surface area (Å²) in [5, 5.41) is 0. The lowest BCUT2D eigenvalue weighted by atomic mass is 9.76. The molecule has 0 radical (unpaired) electrons. The third-order valence-electron chi connectivity index (χ3n) is 8.13. The molecule has 0 saturated heterocycles. The molecule has 0 N–H and O–H groups in total. The first kappa shape index (κ1) is 26.2. The minimum atomic E-state index is 0.688. The first-order valence-electron chi connectivity index (χ1n) is 14.2. The summed E-state index contributed by atoms with van der Waals surface area (Å²) in [6, 6.07) is 29.2. The maximum atomic E-state index is 2.41. The highest BCUT2D eigenvalue weighted by molar-refractivity contribution is 5.69. The van der Waals surface area contributed by atoms with Crippen LogP contribution in [0.4, 0.5) is 0 Å². The molecule has 1 aliphatic carbocycles. The van der Waals surface area contributed by atoms with Crippen LogP contribution in [-0.2, 0) is 12.8 Å². The molecule has 0 aromatic heterocycles. The summed E-state index contributed by atoms with van der Waals surface area (Å²) in [5.41, 5.74) is 6.94. The topological polar surface area (TPSA) is 0 Å². The summed E-state index contributed by atoms with van der Waals surface area (Å²) in [7, 11) is 0. The first-order chi connectivity index (χ1) is 17.7. The monoisotopic (exact) mass is 476 g/mol. The van der Waals surface area contributed by atoms with Gasteiger partial charge in [0.25, 0.3) is 0 Å². The molecule has 0 aliphatic heterocycles. The molecule has 1 atom stereocenters. The van der Waals surface area contributed by atoms with Crippen molar-refractivity contribution in [1.82, 2.24) is 0 Å². The summed E-state index contributed by atoms with van der Waals surface area (Å²) >= 11 is 0. The minimum absolute atomic E-state index is 0.688. The second kappa shape index (κ2) is 14.0. The lowest BCUT2D eigenvalue weighted by Gasteiger charge is -2.30. The van der Waals surface area contributed by atoms with E-state index in [2.05, 4.69) is 117 Å². The molecular formula is C36H44. The summed E-state index contributed by atoms with van der Waals surface area (Å²) in [6.07, 6.45) is 20.6. The molecule has 1 saturated carbocycles. The molecule has 0 spiro atoms. The molecule has 0 nitrogen and oxygen atoms in total. The van der Waals surface area contributed by atoms with Crippen molar-refractivity contribution in [1.29, 1.82) is 0 Å². The van der Waals surface area contributed by atoms with E-state index in [9.17, 15) is 0 Å². The highest BCUT2D eigenvalue weighted by Gasteiger charge is 2.22. The maximum absolute atomic E-state index is 2.41. The molecule has 0 bridgehead atoms. The van der Waals surface area contributed by atoms with Crippen LogP contribution >= 0.6 is 0 Å². The van der Waals surface area contributed by atoms with Gasteiger partial charge in [0.2, 0.25) is 0 Å². The van der Waals surface area contributed by atoms with E-state index in [-0.39, 0.29) is 0 Å². The Bertz CT molecular complexity index is 1060. The van der Waals surface area contributed by atoms with Crippen LogP contribution in [-0.4, -0.2) is 0 Å². The second-order valence-corrected chi connectivity index (χ2v) is 10.9. The molecule has 3 aromatic rings. The first-order valence-corrected chi connectivity index (χ1v) is 14.2. The second-order valence-electron chi connectivity index (χ2n) is 10.9. The van der Waals surface area contributed by atoms with Gasteiger partial charge in [-0.3, -0.25) is 0 Å². The van der Waals surface area contributed by atoms with Crippen molar-refractivity contribution in [2.45, 2.75) is 77.6 Å². The van der Waals surface area contributed by atoms with Gasteiger partial charge in [-0.05, 0) is 84.6 Å². The van der Waals surface area contributed by atoms with Crippen LogP contribution in [0.25, 0.3) is 12.2 Å². The number of aryl methyl sites for hydroxylation is 2. The molecule has 36 heavy (non-hydrogen) atoms. The molecule has 1 aliphatic rings. The molecule has 4 rings (SSSR count). The van der Waals surface area contributed by atoms with E-state index >= 15 is 0 Å². The largest absolute Gasteiger partial charge is 0.0917 e. The molecule has 1 fully saturated rings. The van der Waals surface area contributed by atoms with E-state index in [1.54, 1.807) is 0 Å². The van der Waals surface area contributed by atoms with Crippen LogP contribution in [0.1, 0.15) is 92.5 Å². The predicted octanol–water partition coefficient (Wildman–Crippen LogP) is 10.3. The van der Waals surface area contributed by atoms with E-state index in [0.29, 0.717) is 5.92 Å². The molecule has 0 unspecified atom stereocenters. The molecule has 188 valence electrons. The highest BCUT2D eigenvalue weighted by Crippen LogP contribution is 2.37. The van der Waals surface area contributed by atoms with E-state index < -0.39 is 0 Å². The Balaban J connectivity index is 1.17. The summed E-state index contributed by atoms with van der Waals surface area (Å²) in [6.45, 7) is 4.49. The van der Waals surface area contributed by atoms with Gasteiger partial charge in [-0.1, -0.05) is 136 Å². The van der Waals surface area contributed by atoms with Gasteiger partial charge in [0, 0.05) is 0 Å². The van der Waals surface area contributed by atoms with Gasteiger partial charge >= 0.3 is 0 Å². The highest BCUT2D eigenvalue weighted by atomic mass is 14.3. The van der Waals surface area contributed by atoms with E-state index in [1.165, 1.54) is 72.8 Å². The molecule has 0 amide bonds. The SMILES string of the molecule is C/C=C/CCc1ccc(C=Cc2ccc(CCC3CCC(C[C@H](C)c4ccccc4)CC3)cc2)cc1. The van der Waals surface area contributed by atoms with Crippen LogP contribution in [0, 0.1) is 11.8 Å². The Kier molecular flexibility index (Phi) is 10.2. The van der Waals surface area contributed by atoms with Crippen molar-refractivity contribution in [3.05, 3.63) is 119 Å². The standard InChI is InChI=1S/C36H44/c1-3-4-6-9-30-12-14-31(15-13-30)16-17-32-18-20-33(21-19-32)22-23-34-24-26-35(27-25-34)28-29(2)36-10-7-5-8-11-36/h3-5,7-8,10-21,29,34-35H,6,9,22-28H2,1-2H3/b4-3+,17-16?/t29-,34?,35?/m0/s1.